The van der Waals surface area contributed by atoms with Crippen molar-refractivity contribution in [2.24, 2.45) is 0 Å². The number of carboxylic acids is 2. The summed E-state index contributed by atoms with van der Waals surface area (Å²) in [5.74, 6) is -2.90. The van der Waals surface area contributed by atoms with Crippen molar-refractivity contribution in [3.05, 3.63) is 65.7 Å². The molecule has 10 nitrogen and oxygen atoms in total. The van der Waals surface area contributed by atoms with Crippen LogP contribution in [0.2, 0.25) is 0 Å². The molecule has 39 heavy (non-hydrogen) atoms. The molecule has 4 atom stereocenters. The minimum atomic E-state index is -1.12. The highest BCUT2D eigenvalue weighted by Crippen LogP contribution is 2.26. The fourth-order valence-corrected chi connectivity index (χ4v) is 5.10. The molecule has 2 aromatic carbocycles. The average molecular weight is 582 g/mol. The van der Waals surface area contributed by atoms with Gasteiger partial charge in [-0.1, -0.05) is 48.5 Å². The summed E-state index contributed by atoms with van der Waals surface area (Å²) in [6.07, 6.45) is 1.73. The highest BCUT2D eigenvalue weighted by molar-refractivity contribution is 6.01. The number of ether oxygens (including phenoxy) is 1. The second-order valence-electron chi connectivity index (χ2n) is 9.63. The maximum absolute atomic E-state index is 13.5. The summed E-state index contributed by atoms with van der Waals surface area (Å²) < 4.78 is 5.72. The molecule has 0 saturated carbocycles. The van der Waals surface area contributed by atoms with Gasteiger partial charge in [0.25, 0.3) is 5.91 Å². The number of rotatable bonds is 10. The number of quaternary nitrogens is 2. The summed E-state index contributed by atoms with van der Waals surface area (Å²) in [5, 5.41) is 22.1. The number of esters is 1. The topological polar surface area (TPSA) is 154 Å². The molecule has 0 radical (unpaired) electrons. The standard InChI is InChI=1S/C27H31N3O7.2ClH/c31-24(32)16-30-23-9-5-4-8-18(23)11-13-20(25(30)33)29-21(12-10-17-6-2-1-3-7-17)27(36)37-19-14-22(26(34)35)28-15-19;;/h1-9,19-22,28-29H,10-16H2,(H,31,32)(H,34,35);2*1H/t19-,20-,21?,22+;;/m1../s1. The predicted molar refractivity (Wildman–Crippen MR) is 132 cm³/mol. The zero-order valence-electron chi connectivity index (χ0n) is 21.2. The van der Waals surface area contributed by atoms with Gasteiger partial charge in [0.15, 0.2) is 24.2 Å². The number of nitrogens with two attached hydrogens (primary N) is 2. The van der Waals surface area contributed by atoms with Crippen molar-refractivity contribution in [1.29, 1.82) is 0 Å². The van der Waals surface area contributed by atoms with Gasteiger partial charge in [0.1, 0.15) is 13.1 Å². The Labute approximate surface area is 238 Å². The average Bonchev–Trinajstić information content (AvgIpc) is 3.31. The Kier molecular flexibility index (Phi) is 12.2. The van der Waals surface area contributed by atoms with Crippen molar-refractivity contribution < 1.29 is 69.6 Å². The molecule has 1 amide bonds. The van der Waals surface area contributed by atoms with Crippen molar-refractivity contribution in [3.63, 3.8) is 0 Å². The molecule has 2 heterocycles. The Hall–Kier alpha value is -3.18. The Morgan fingerprint density at radius 2 is 1.74 bits per heavy atom. The van der Waals surface area contributed by atoms with Crippen molar-refractivity contribution in [1.82, 2.24) is 0 Å². The number of hydrogen-bond donors (Lipinski definition) is 4. The van der Waals surface area contributed by atoms with Crippen LogP contribution in [0.1, 0.15) is 30.4 Å². The highest BCUT2D eigenvalue weighted by Gasteiger charge is 2.40. The second-order valence-corrected chi connectivity index (χ2v) is 9.63. The molecule has 1 unspecified atom stereocenters. The number of fused-ring (bicyclic) bond motifs is 1. The van der Waals surface area contributed by atoms with Crippen LogP contribution in [-0.2, 0) is 36.8 Å². The van der Waals surface area contributed by atoms with Crippen molar-refractivity contribution >= 4 is 29.5 Å². The lowest BCUT2D eigenvalue weighted by Crippen LogP contribution is -3.00. The van der Waals surface area contributed by atoms with Gasteiger partial charge in [-0.05, 0) is 30.0 Å². The van der Waals surface area contributed by atoms with Crippen LogP contribution in [-0.4, -0.2) is 71.3 Å². The number of amides is 1. The van der Waals surface area contributed by atoms with Crippen LogP contribution < -0.4 is 40.3 Å². The van der Waals surface area contributed by atoms with Gasteiger partial charge in [-0.25, -0.2) is 9.59 Å². The second kappa shape index (κ2) is 14.8. The van der Waals surface area contributed by atoms with E-state index in [-0.39, 0.29) is 37.1 Å². The van der Waals surface area contributed by atoms with E-state index in [1.165, 1.54) is 4.90 Å². The predicted octanol–water partition coefficient (Wildman–Crippen LogP) is -6.68. The van der Waals surface area contributed by atoms with Gasteiger partial charge < -0.3 is 50.4 Å². The van der Waals surface area contributed by atoms with E-state index >= 15 is 0 Å². The zero-order chi connectivity index (χ0) is 26.4. The molecule has 1 fully saturated rings. The summed E-state index contributed by atoms with van der Waals surface area (Å²) in [6.45, 7) is -0.0913. The van der Waals surface area contributed by atoms with E-state index in [1.807, 2.05) is 42.5 Å². The number of anilines is 1. The maximum atomic E-state index is 13.5. The van der Waals surface area contributed by atoms with E-state index in [1.54, 1.807) is 22.8 Å². The molecule has 2 aliphatic heterocycles. The fraction of sp³-hybridized carbons (Fsp3) is 0.407. The summed E-state index contributed by atoms with van der Waals surface area (Å²) in [7, 11) is 0. The number of halogens is 2. The number of nitrogens with zero attached hydrogens (tertiary/aromatic N) is 1. The lowest BCUT2D eigenvalue weighted by molar-refractivity contribution is -0.700. The van der Waals surface area contributed by atoms with Crippen LogP contribution in [0.5, 0.6) is 0 Å². The van der Waals surface area contributed by atoms with Gasteiger partial charge in [-0.15, -0.1) is 0 Å². The van der Waals surface area contributed by atoms with E-state index in [4.69, 9.17) is 4.74 Å². The van der Waals surface area contributed by atoms with Gasteiger partial charge in [0.2, 0.25) is 0 Å². The lowest BCUT2D eigenvalue weighted by atomic mass is 10.0. The first-order valence-electron chi connectivity index (χ1n) is 12.6. The number of carbonyl (C=O) groups is 4. The summed E-state index contributed by atoms with van der Waals surface area (Å²) >= 11 is 0. The van der Waals surface area contributed by atoms with Crippen LogP contribution in [0.25, 0.3) is 0 Å². The summed E-state index contributed by atoms with van der Waals surface area (Å²) in [5.41, 5.74) is 2.51. The molecule has 6 N–H and O–H groups in total. The van der Waals surface area contributed by atoms with Crippen LogP contribution in [0.15, 0.2) is 54.6 Å². The van der Waals surface area contributed by atoms with Gasteiger partial charge >= 0.3 is 17.9 Å². The number of aliphatic carboxylic acids is 2. The minimum absolute atomic E-state index is 0. The molecule has 4 rings (SSSR count). The van der Waals surface area contributed by atoms with Crippen LogP contribution >= 0.6 is 0 Å². The van der Waals surface area contributed by atoms with Gasteiger partial charge in [0.05, 0.1) is 6.42 Å². The first-order chi connectivity index (χ1) is 17.8. The van der Waals surface area contributed by atoms with E-state index in [2.05, 4.69) is 0 Å². The van der Waals surface area contributed by atoms with E-state index in [0.29, 0.717) is 37.9 Å². The molecule has 0 bridgehead atoms. The van der Waals surface area contributed by atoms with Crippen LogP contribution in [0.4, 0.5) is 5.69 Å². The number of carboxylic acid groups (broad SMARTS) is 2. The fourth-order valence-electron chi connectivity index (χ4n) is 5.10. The Morgan fingerprint density at radius 3 is 2.41 bits per heavy atom. The number of hydrogen-bond acceptors (Lipinski definition) is 5. The van der Waals surface area contributed by atoms with Crippen LogP contribution in [0.3, 0.4) is 0 Å². The van der Waals surface area contributed by atoms with E-state index in [9.17, 15) is 29.4 Å². The van der Waals surface area contributed by atoms with E-state index in [0.717, 1.165) is 11.1 Å². The van der Waals surface area contributed by atoms with Crippen LogP contribution in [0, 0.1) is 0 Å². The highest BCUT2D eigenvalue weighted by atomic mass is 35.5. The molecule has 1 saturated heterocycles. The van der Waals surface area contributed by atoms with Gasteiger partial charge in [0, 0.05) is 18.5 Å². The first-order valence-corrected chi connectivity index (χ1v) is 12.6. The molecule has 2 aromatic rings. The molecule has 212 valence electrons. The molecular formula is C27H33Cl2N3O7. The largest absolute Gasteiger partial charge is 1.00 e. The molecule has 2 aliphatic rings. The molecular weight excluding hydrogens is 549 g/mol. The van der Waals surface area contributed by atoms with Gasteiger partial charge in [-0.2, -0.15) is 0 Å². The van der Waals surface area contributed by atoms with Crippen molar-refractivity contribution in [3.8, 4) is 0 Å². The van der Waals surface area contributed by atoms with E-state index < -0.39 is 48.7 Å². The molecule has 0 spiro atoms. The van der Waals surface area contributed by atoms with Gasteiger partial charge in [-0.3, -0.25) is 14.5 Å². The Morgan fingerprint density at radius 1 is 1.05 bits per heavy atom. The summed E-state index contributed by atoms with van der Waals surface area (Å²) in [4.78, 5) is 51.0. The Balaban J connectivity index is 0.00000267. The Bertz CT molecular complexity index is 1150. The number of benzene rings is 2. The third-order valence-electron chi connectivity index (χ3n) is 7.04. The number of aryl methyl sites for hydroxylation is 2. The van der Waals surface area contributed by atoms with Crippen molar-refractivity contribution in [2.75, 3.05) is 18.0 Å². The number of carbonyl (C=O) groups excluding carboxylic acids is 2. The third-order valence-corrected chi connectivity index (χ3v) is 7.04. The minimum Gasteiger partial charge on any atom is -1.00 e. The molecule has 0 aliphatic carbocycles. The van der Waals surface area contributed by atoms with Crippen molar-refractivity contribution in [2.45, 2.75) is 56.3 Å². The zero-order valence-corrected chi connectivity index (χ0v) is 22.8. The SMILES string of the molecule is O=C(O)CN1C(=O)[C@H]([NH2+]C(CCc2ccccc2)C(=O)O[C@H]2C[NH2+][C@H](C(=O)O)C2)CCc2ccccc21.[Cl-].[Cl-]. The summed E-state index contributed by atoms with van der Waals surface area (Å²) in [6, 6.07) is 14.9. The monoisotopic (exact) mass is 581 g/mol. The lowest BCUT2D eigenvalue weighted by Gasteiger charge is -2.25. The quantitative estimate of drug-likeness (QED) is 0.203. The third kappa shape index (κ3) is 8.40. The number of para-hydroxylation sites is 1. The maximum Gasteiger partial charge on any atom is 0.365 e. The molecule has 12 heteroatoms. The first kappa shape index (κ1) is 32.0. The normalized spacial score (nSPS) is 21.0. The molecule has 0 aromatic heterocycles. The smallest absolute Gasteiger partial charge is 0.365 e.